The smallest absolute Gasteiger partial charge is 0.407 e. The summed E-state index contributed by atoms with van der Waals surface area (Å²) >= 11 is 0. The van der Waals surface area contributed by atoms with E-state index in [0.29, 0.717) is 50.2 Å². The van der Waals surface area contributed by atoms with Crippen molar-refractivity contribution in [3.05, 3.63) is 23.7 Å². The molecule has 19 heavy (non-hydrogen) atoms. The van der Waals surface area contributed by atoms with Crippen LogP contribution in [0.1, 0.15) is 35.6 Å². The maximum atomic E-state index is 11.2. The lowest BCUT2D eigenvalue weighted by molar-refractivity contribution is 0.109. The van der Waals surface area contributed by atoms with Crippen LogP contribution in [-0.4, -0.2) is 37.2 Å². The molecule has 0 unspecified atom stereocenters. The number of unbranched alkanes of at least 4 members (excludes halogenated alkanes) is 1. The van der Waals surface area contributed by atoms with Gasteiger partial charge in [-0.25, -0.2) is 4.79 Å². The number of aliphatic hydroxyl groups excluding tert-OH is 1. The summed E-state index contributed by atoms with van der Waals surface area (Å²) in [7, 11) is 0. The van der Waals surface area contributed by atoms with Gasteiger partial charge in [0.15, 0.2) is 12.0 Å². The largest absolute Gasteiger partial charge is 0.458 e. The normalized spacial score (nSPS) is 10.2. The number of rotatable bonds is 9. The molecule has 0 fully saturated rings. The van der Waals surface area contributed by atoms with Crippen LogP contribution in [0.3, 0.4) is 0 Å². The van der Waals surface area contributed by atoms with Crippen molar-refractivity contribution < 1.29 is 23.8 Å². The van der Waals surface area contributed by atoms with Crippen LogP contribution in [0.15, 0.2) is 16.5 Å². The van der Waals surface area contributed by atoms with Crippen molar-refractivity contribution in [2.24, 2.45) is 0 Å². The summed E-state index contributed by atoms with van der Waals surface area (Å²) in [6, 6.07) is 3.34. The lowest BCUT2D eigenvalue weighted by atomic mass is 10.2. The Hall–Kier alpha value is -1.82. The average molecular weight is 269 g/mol. The Balaban J connectivity index is 2.03. The highest BCUT2D eigenvalue weighted by atomic mass is 16.5. The molecule has 0 aromatic carbocycles. The summed E-state index contributed by atoms with van der Waals surface area (Å²) in [6.07, 6.45) is 2.84. The Bertz CT molecular complexity index is 388. The van der Waals surface area contributed by atoms with Gasteiger partial charge in [-0.2, -0.15) is 0 Å². The predicted octanol–water partition coefficient (Wildman–Crippen LogP) is 1.52. The zero-order chi connectivity index (χ0) is 13.9. The van der Waals surface area contributed by atoms with Gasteiger partial charge in [-0.15, -0.1) is 0 Å². The number of hydrogen-bond acceptors (Lipinski definition) is 5. The van der Waals surface area contributed by atoms with Gasteiger partial charge in [0.25, 0.3) is 0 Å². The molecule has 0 aliphatic heterocycles. The van der Waals surface area contributed by atoms with Gasteiger partial charge in [0.2, 0.25) is 0 Å². The molecule has 6 heteroatoms. The van der Waals surface area contributed by atoms with Crippen molar-refractivity contribution in [3.8, 4) is 0 Å². The minimum absolute atomic E-state index is 0.128. The van der Waals surface area contributed by atoms with E-state index in [1.807, 2.05) is 0 Å². The summed E-state index contributed by atoms with van der Waals surface area (Å²) in [5.41, 5.74) is 0. The van der Waals surface area contributed by atoms with Crippen LogP contribution in [0.5, 0.6) is 0 Å². The molecule has 0 saturated heterocycles. The summed E-state index contributed by atoms with van der Waals surface area (Å²) in [6.45, 7) is 0.922. The highest BCUT2D eigenvalue weighted by molar-refractivity contribution is 5.70. The van der Waals surface area contributed by atoms with Crippen LogP contribution in [0.2, 0.25) is 0 Å². The minimum Gasteiger partial charge on any atom is -0.458 e. The SMILES string of the molecule is O=Cc1ccc(CCCOC(=O)NCCCCO)o1. The molecule has 1 aromatic heterocycles. The van der Waals surface area contributed by atoms with E-state index in [1.165, 1.54) is 0 Å². The molecular formula is C13H19NO5. The third-order valence-electron chi connectivity index (χ3n) is 2.45. The number of hydrogen-bond donors (Lipinski definition) is 2. The number of carbonyl (C=O) groups excluding carboxylic acids is 2. The van der Waals surface area contributed by atoms with Crippen LogP contribution in [0, 0.1) is 0 Å². The Morgan fingerprint density at radius 1 is 1.37 bits per heavy atom. The van der Waals surface area contributed by atoms with Crippen molar-refractivity contribution in [3.63, 3.8) is 0 Å². The topological polar surface area (TPSA) is 88.8 Å². The molecule has 0 saturated carbocycles. The van der Waals surface area contributed by atoms with Crippen molar-refractivity contribution in [2.75, 3.05) is 19.8 Å². The number of aldehydes is 1. The summed E-state index contributed by atoms with van der Waals surface area (Å²) in [4.78, 5) is 21.6. The first-order chi connectivity index (χ1) is 9.26. The molecular weight excluding hydrogens is 250 g/mol. The summed E-state index contributed by atoms with van der Waals surface area (Å²) < 4.78 is 10.1. The van der Waals surface area contributed by atoms with Gasteiger partial charge in [0.05, 0.1) is 6.61 Å². The average Bonchev–Trinajstić information content (AvgIpc) is 2.88. The van der Waals surface area contributed by atoms with E-state index in [1.54, 1.807) is 12.1 Å². The Kier molecular flexibility index (Phi) is 7.34. The Labute approximate surface area is 111 Å². The van der Waals surface area contributed by atoms with Gasteiger partial charge in [0.1, 0.15) is 5.76 Å². The van der Waals surface area contributed by atoms with Gasteiger partial charge in [-0.1, -0.05) is 0 Å². The van der Waals surface area contributed by atoms with E-state index >= 15 is 0 Å². The fourth-order valence-corrected chi connectivity index (χ4v) is 1.48. The van der Waals surface area contributed by atoms with Gasteiger partial charge < -0.3 is 19.6 Å². The highest BCUT2D eigenvalue weighted by Gasteiger charge is 2.03. The van der Waals surface area contributed by atoms with E-state index in [-0.39, 0.29) is 6.61 Å². The minimum atomic E-state index is -0.453. The quantitative estimate of drug-likeness (QED) is 0.524. The zero-order valence-corrected chi connectivity index (χ0v) is 10.8. The number of furan rings is 1. The second-order valence-electron chi connectivity index (χ2n) is 4.02. The van der Waals surface area contributed by atoms with Gasteiger partial charge in [-0.3, -0.25) is 4.79 Å². The van der Waals surface area contributed by atoms with E-state index in [9.17, 15) is 9.59 Å². The van der Waals surface area contributed by atoms with Gasteiger partial charge >= 0.3 is 6.09 Å². The Morgan fingerprint density at radius 2 is 2.21 bits per heavy atom. The second-order valence-corrected chi connectivity index (χ2v) is 4.02. The first-order valence-electron chi connectivity index (χ1n) is 6.31. The van der Waals surface area contributed by atoms with Crippen LogP contribution >= 0.6 is 0 Å². The molecule has 0 aliphatic carbocycles. The lowest BCUT2D eigenvalue weighted by Crippen LogP contribution is -2.25. The molecule has 2 N–H and O–H groups in total. The molecule has 0 aliphatic rings. The number of aryl methyl sites for hydroxylation is 1. The number of aliphatic hydroxyl groups is 1. The fraction of sp³-hybridized carbons (Fsp3) is 0.538. The molecule has 0 spiro atoms. The Morgan fingerprint density at radius 3 is 2.89 bits per heavy atom. The first kappa shape index (κ1) is 15.2. The van der Waals surface area contributed by atoms with Crippen molar-refractivity contribution in [1.29, 1.82) is 0 Å². The van der Waals surface area contributed by atoms with Crippen LogP contribution < -0.4 is 5.32 Å². The second kappa shape index (κ2) is 9.16. The molecule has 0 radical (unpaired) electrons. The molecule has 0 bridgehead atoms. The zero-order valence-electron chi connectivity index (χ0n) is 10.8. The van der Waals surface area contributed by atoms with E-state index < -0.39 is 6.09 Å². The molecule has 0 atom stereocenters. The monoisotopic (exact) mass is 269 g/mol. The van der Waals surface area contributed by atoms with E-state index in [0.717, 1.165) is 6.42 Å². The van der Waals surface area contributed by atoms with Crippen molar-refractivity contribution in [1.82, 2.24) is 5.32 Å². The molecule has 1 rings (SSSR count). The lowest BCUT2D eigenvalue weighted by Gasteiger charge is -2.05. The number of ether oxygens (including phenoxy) is 1. The number of carbonyl (C=O) groups is 2. The fourth-order valence-electron chi connectivity index (χ4n) is 1.48. The maximum absolute atomic E-state index is 11.2. The van der Waals surface area contributed by atoms with E-state index in [2.05, 4.69) is 5.32 Å². The predicted molar refractivity (Wildman–Crippen MR) is 68.1 cm³/mol. The summed E-state index contributed by atoms with van der Waals surface area (Å²) in [5.74, 6) is 1.01. The number of nitrogens with one attached hydrogen (secondary N) is 1. The molecule has 1 heterocycles. The third-order valence-corrected chi connectivity index (χ3v) is 2.45. The first-order valence-corrected chi connectivity index (χ1v) is 6.31. The standard InChI is InChI=1S/C13H19NO5/c15-8-2-1-7-14-13(17)18-9-3-4-11-5-6-12(10-16)19-11/h5-6,10,15H,1-4,7-9H2,(H,14,17). The summed E-state index contributed by atoms with van der Waals surface area (Å²) in [5, 5.41) is 11.1. The van der Waals surface area contributed by atoms with Crippen molar-refractivity contribution in [2.45, 2.75) is 25.7 Å². The maximum Gasteiger partial charge on any atom is 0.407 e. The van der Waals surface area contributed by atoms with Crippen LogP contribution in [0.25, 0.3) is 0 Å². The molecule has 1 aromatic rings. The van der Waals surface area contributed by atoms with Gasteiger partial charge in [0, 0.05) is 19.6 Å². The van der Waals surface area contributed by atoms with Crippen LogP contribution in [0.4, 0.5) is 4.79 Å². The third kappa shape index (κ3) is 6.61. The number of alkyl carbamates (subject to hydrolysis) is 1. The number of amides is 1. The molecule has 6 nitrogen and oxygen atoms in total. The van der Waals surface area contributed by atoms with Gasteiger partial charge in [-0.05, 0) is 31.4 Å². The van der Waals surface area contributed by atoms with Crippen LogP contribution in [-0.2, 0) is 11.2 Å². The van der Waals surface area contributed by atoms with Crippen molar-refractivity contribution >= 4 is 12.4 Å². The van der Waals surface area contributed by atoms with E-state index in [4.69, 9.17) is 14.3 Å². The molecule has 106 valence electrons. The highest BCUT2D eigenvalue weighted by Crippen LogP contribution is 2.08. The molecule has 1 amide bonds.